The van der Waals surface area contributed by atoms with Crippen molar-refractivity contribution in [2.45, 2.75) is 46.1 Å². The first kappa shape index (κ1) is 26.8. The smallest absolute Gasteiger partial charge is 0.307 e. The Bertz CT molecular complexity index is 1250. The minimum atomic E-state index is -0.811. The number of aromatic nitrogens is 1. The molecule has 4 aromatic rings. The molecule has 4 rings (SSSR count). The summed E-state index contributed by atoms with van der Waals surface area (Å²) in [5.74, 6) is 7.19. The molecule has 3 aromatic carbocycles. The molecular formula is C28H35N3O3. The first-order valence-electron chi connectivity index (χ1n) is 11.0. The van der Waals surface area contributed by atoms with Crippen LogP contribution in [0.15, 0.2) is 72.9 Å². The molecule has 0 fully saturated rings. The van der Waals surface area contributed by atoms with Gasteiger partial charge in [-0.3, -0.25) is 16.5 Å². The van der Waals surface area contributed by atoms with Gasteiger partial charge in [0.15, 0.2) is 0 Å². The van der Waals surface area contributed by atoms with Gasteiger partial charge in [-0.05, 0) is 52.3 Å². The van der Waals surface area contributed by atoms with E-state index in [1.807, 2.05) is 6.20 Å². The zero-order chi connectivity index (χ0) is 24.2. The molecule has 0 aliphatic rings. The van der Waals surface area contributed by atoms with Crippen LogP contribution >= 0.6 is 0 Å². The van der Waals surface area contributed by atoms with Crippen molar-refractivity contribution < 1.29 is 15.4 Å². The van der Waals surface area contributed by atoms with Crippen molar-refractivity contribution in [1.29, 1.82) is 0 Å². The maximum Gasteiger partial charge on any atom is 0.307 e. The molecule has 0 unspecified atom stereocenters. The number of carboxylic acids is 1. The lowest BCUT2D eigenvalue weighted by Crippen LogP contribution is -2.11. The lowest BCUT2D eigenvalue weighted by Gasteiger charge is -2.19. The molecule has 0 amide bonds. The summed E-state index contributed by atoms with van der Waals surface area (Å²) in [6, 6.07) is 23.5. The molecule has 0 radical (unpaired) electrons. The molecule has 1 heterocycles. The van der Waals surface area contributed by atoms with Gasteiger partial charge in [0.25, 0.3) is 0 Å². The van der Waals surface area contributed by atoms with Gasteiger partial charge in [0, 0.05) is 23.6 Å². The highest BCUT2D eigenvalue weighted by Gasteiger charge is 2.15. The van der Waals surface area contributed by atoms with E-state index in [1.165, 1.54) is 16.7 Å². The Hall–Kier alpha value is -3.45. The summed E-state index contributed by atoms with van der Waals surface area (Å²) in [5, 5.41) is 10.5. The molecule has 6 heteroatoms. The molecule has 0 atom stereocenters. The average molecular weight is 462 g/mol. The Balaban J connectivity index is 0.00000133. The van der Waals surface area contributed by atoms with Gasteiger partial charge in [-0.15, -0.1) is 0 Å². The molecule has 180 valence electrons. The summed E-state index contributed by atoms with van der Waals surface area (Å²) in [4.78, 5) is 11.5. The van der Waals surface area contributed by atoms with E-state index in [9.17, 15) is 9.90 Å². The van der Waals surface area contributed by atoms with E-state index in [2.05, 4.69) is 111 Å². The number of nitrogens with two attached hydrogens (primary N) is 2. The van der Waals surface area contributed by atoms with Crippen LogP contribution in [-0.4, -0.2) is 21.1 Å². The second-order valence-electron chi connectivity index (χ2n) is 9.40. The quantitative estimate of drug-likeness (QED) is 0.297. The first-order valence-corrected chi connectivity index (χ1v) is 11.0. The van der Waals surface area contributed by atoms with Crippen molar-refractivity contribution in [2.24, 2.45) is 11.7 Å². The average Bonchev–Trinajstić information content (AvgIpc) is 3.10. The number of aryl methyl sites for hydroxylation is 1. The monoisotopic (exact) mass is 461 g/mol. The number of aliphatic carboxylic acids is 1. The molecule has 0 bridgehead atoms. The summed E-state index contributed by atoms with van der Waals surface area (Å²) in [6.45, 7) is 9.44. The van der Waals surface area contributed by atoms with Gasteiger partial charge in [-0.25, -0.2) is 0 Å². The van der Waals surface area contributed by atoms with Crippen LogP contribution in [-0.2, 0) is 23.2 Å². The number of rotatable bonds is 5. The fourth-order valence-corrected chi connectivity index (χ4v) is 4.12. The van der Waals surface area contributed by atoms with Gasteiger partial charge in [0.05, 0.1) is 6.42 Å². The third kappa shape index (κ3) is 6.11. The third-order valence-corrected chi connectivity index (χ3v) is 5.83. The summed E-state index contributed by atoms with van der Waals surface area (Å²) >= 11 is 0. The van der Waals surface area contributed by atoms with Crippen LogP contribution < -0.4 is 11.7 Å². The van der Waals surface area contributed by atoms with Gasteiger partial charge >= 0.3 is 5.97 Å². The molecule has 6 nitrogen and oxygen atoms in total. The van der Waals surface area contributed by atoms with E-state index in [0.29, 0.717) is 6.54 Å². The van der Waals surface area contributed by atoms with Gasteiger partial charge in [-0.2, -0.15) is 0 Å². The SMILES string of the molecule is Cc1cccc(-c2ccc3c(c2)c(CC(=O)O)cn3Cc2ccc(C(C)(C)C)cc2)c1.NN.O. The van der Waals surface area contributed by atoms with Crippen molar-refractivity contribution in [1.82, 2.24) is 4.57 Å². The minimum absolute atomic E-state index is 0. The minimum Gasteiger partial charge on any atom is -0.481 e. The predicted molar refractivity (Wildman–Crippen MR) is 140 cm³/mol. The maximum absolute atomic E-state index is 11.5. The van der Waals surface area contributed by atoms with Crippen molar-refractivity contribution in [3.63, 3.8) is 0 Å². The summed E-state index contributed by atoms with van der Waals surface area (Å²) in [6.07, 6.45) is 2.01. The highest BCUT2D eigenvalue weighted by atomic mass is 16.4. The number of nitrogens with zero attached hydrogens (tertiary/aromatic N) is 1. The number of benzene rings is 3. The van der Waals surface area contributed by atoms with Crippen LogP contribution in [0.25, 0.3) is 22.0 Å². The Labute approximate surface area is 201 Å². The standard InChI is InChI=1S/C28H29NO2.H4N2.H2O/c1-19-6-5-7-21(14-19)22-10-13-26-25(15-22)23(16-27(30)31)18-29(26)17-20-8-11-24(12-9-20)28(2,3)4;1-2;/h5-15,18H,16-17H2,1-4H3,(H,30,31);1-2H2;1H2. The number of hydrazine groups is 1. The zero-order valence-electron chi connectivity index (χ0n) is 20.3. The highest BCUT2D eigenvalue weighted by Crippen LogP contribution is 2.30. The van der Waals surface area contributed by atoms with Crippen LogP contribution in [0.2, 0.25) is 0 Å². The summed E-state index contributed by atoms with van der Waals surface area (Å²) in [7, 11) is 0. The number of hydrogen-bond donors (Lipinski definition) is 3. The molecule has 0 aliphatic carbocycles. The molecular weight excluding hydrogens is 426 g/mol. The van der Waals surface area contributed by atoms with Crippen molar-refractivity contribution in [2.75, 3.05) is 0 Å². The fraction of sp³-hybridized carbons (Fsp3) is 0.250. The van der Waals surface area contributed by atoms with Crippen LogP contribution in [0.1, 0.15) is 43.0 Å². The second kappa shape index (κ2) is 11.1. The molecule has 7 N–H and O–H groups in total. The summed E-state index contributed by atoms with van der Waals surface area (Å²) in [5.41, 5.74) is 8.01. The first-order chi connectivity index (χ1) is 15.7. The van der Waals surface area contributed by atoms with Crippen LogP contribution in [0.5, 0.6) is 0 Å². The molecule has 0 saturated heterocycles. The van der Waals surface area contributed by atoms with Gasteiger partial charge < -0.3 is 15.1 Å². The topological polar surface area (TPSA) is 126 Å². The summed E-state index contributed by atoms with van der Waals surface area (Å²) < 4.78 is 2.17. The lowest BCUT2D eigenvalue weighted by molar-refractivity contribution is -0.136. The second-order valence-corrected chi connectivity index (χ2v) is 9.40. The maximum atomic E-state index is 11.5. The van der Waals surface area contributed by atoms with E-state index in [1.54, 1.807) is 0 Å². The van der Waals surface area contributed by atoms with Crippen molar-refractivity contribution in [3.8, 4) is 11.1 Å². The number of fused-ring (bicyclic) bond motifs is 1. The van der Waals surface area contributed by atoms with Crippen LogP contribution in [0.4, 0.5) is 0 Å². The Morgan fingerprint density at radius 2 is 1.59 bits per heavy atom. The van der Waals surface area contributed by atoms with Crippen molar-refractivity contribution >= 4 is 16.9 Å². The van der Waals surface area contributed by atoms with E-state index < -0.39 is 5.97 Å². The fourth-order valence-electron chi connectivity index (χ4n) is 4.12. The lowest BCUT2D eigenvalue weighted by atomic mass is 9.87. The van der Waals surface area contributed by atoms with E-state index in [4.69, 9.17) is 0 Å². The van der Waals surface area contributed by atoms with Gasteiger partial charge in [0.1, 0.15) is 0 Å². The number of hydrogen-bond acceptors (Lipinski definition) is 3. The third-order valence-electron chi connectivity index (χ3n) is 5.83. The van der Waals surface area contributed by atoms with E-state index in [0.717, 1.165) is 27.6 Å². The zero-order valence-corrected chi connectivity index (χ0v) is 20.3. The highest BCUT2D eigenvalue weighted by molar-refractivity contribution is 5.91. The number of carboxylic acid groups (broad SMARTS) is 1. The van der Waals surface area contributed by atoms with E-state index in [-0.39, 0.29) is 17.3 Å². The van der Waals surface area contributed by atoms with E-state index >= 15 is 0 Å². The normalized spacial score (nSPS) is 10.9. The largest absolute Gasteiger partial charge is 0.481 e. The van der Waals surface area contributed by atoms with Gasteiger partial charge in [-0.1, -0.05) is 80.9 Å². The van der Waals surface area contributed by atoms with Crippen LogP contribution in [0, 0.1) is 6.92 Å². The molecule has 0 aliphatic heterocycles. The van der Waals surface area contributed by atoms with Crippen molar-refractivity contribution in [3.05, 3.63) is 95.2 Å². The molecule has 1 aromatic heterocycles. The Morgan fingerprint density at radius 3 is 2.18 bits per heavy atom. The molecule has 34 heavy (non-hydrogen) atoms. The Morgan fingerprint density at radius 1 is 0.941 bits per heavy atom. The van der Waals surface area contributed by atoms with Crippen LogP contribution in [0.3, 0.4) is 0 Å². The molecule has 0 saturated carbocycles. The molecule has 0 spiro atoms. The number of carbonyl (C=O) groups is 1. The van der Waals surface area contributed by atoms with Gasteiger partial charge in [0.2, 0.25) is 0 Å². The Kier molecular flexibility index (Phi) is 8.76. The predicted octanol–water partition coefficient (Wildman–Crippen LogP) is 4.58.